The number of carbonyl (C=O) groups is 1. The summed E-state index contributed by atoms with van der Waals surface area (Å²) in [6.45, 7) is 1.20. The molecule has 3 rings (SSSR count). The molecule has 6 nitrogen and oxygen atoms in total. The number of aromatic nitrogens is 1. The predicted octanol–water partition coefficient (Wildman–Crippen LogP) is 3.42. The van der Waals surface area contributed by atoms with Crippen LogP contribution < -0.4 is 15.8 Å². The molecule has 1 saturated heterocycles. The Labute approximate surface area is 159 Å². The summed E-state index contributed by atoms with van der Waals surface area (Å²) < 4.78 is 12.9. The van der Waals surface area contributed by atoms with Crippen LogP contribution in [0.4, 0.5) is 5.82 Å². The van der Waals surface area contributed by atoms with Gasteiger partial charge in [0.15, 0.2) is 3.95 Å². The summed E-state index contributed by atoms with van der Waals surface area (Å²) in [6.07, 6.45) is 2.03. The van der Waals surface area contributed by atoms with Gasteiger partial charge in [0.2, 0.25) is 0 Å². The number of hydrogen-bond donors (Lipinski definition) is 2. The third-order valence-electron chi connectivity index (χ3n) is 3.95. The Kier molecular flexibility index (Phi) is 5.63. The molecule has 1 aromatic heterocycles. The first-order chi connectivity index (χ1) is 12.0. The fraction of sp³-hybridized carbons (Fsp3) is 0.375. The molecule has 0 radical (unpaired) electrons. The van der Waals surface area contributed by atoms with E-state index >= 15 is 0 Å². The van der Waals surface area contributed by atoms with E-state index in [-0.39, 0.29) is 17.8 Å². The van der Waals surface area contributed by atoms with Gasteiger partial charge in [0.1, 0.15) is 16.4 Å². The van der Waals surface area contributed by atoms with E-state index in [0.717, 1.165) is 30.8 Å². The molecule has 1 amide bonds. The van der Waals surface area contributed by atoms with Gasteiger partial charge in [-0.2, -0.15) is 0 Å². The first kappa shape index (κ1) is 18.2. The molecule has 1 aliphatic heterocycles. The van der Waals surface area contributed by atoms with Crippen molar-refractivity contribution in [2.24, 2.45) is 0 Å². The van der Waals surface area contributed by atoms with Crippen molar-refractivity contribution in [2.75, 3.05) is 26.0 Å². The first-order valence-electron chi connectivity index (χ1n) is 7.76. The lowest BCUT2D eigenvalue weighted by Gasteiger charge is -2.12. The molecule has 2 aromatic rings. The normalized spacial score (nSPS) is 16.8. The van der Waals surface area contributed by atoms with Crippen molar-refractivity contribution < 1.29 is 14.3 Å². The second kappa shape index (κ2) is 7.74. The molecule has 0 unspecified atom stereocenters. The van der Waals surface area contributed by atoms with Gasteiger partial charge in [-0.05, 0) is 43.3 Å². The Morgan fingerprint density at radius 2 is 2.40 bits per heavy atom. The molecule has 134 valence electrons. The zero-order valence-electron chi connectivity index (χ0n) is 13.6. The number of anilines is 1. The highest BCUT2D eigenvalue weighted by Crippen LogP contribution is 2.33. The van der Waals surface area contributed by atoms with Gasteiger partial charge >= 0.3 is 0 Å². The topological polar surface area (TPSA) is 78.5 Å². The molecule has 0 bridgehead atoms. The van der Waals surface area contributed by atoms with E-state index in [2.05, 4.69) is 5.32 Å². The van der Waals surface area contributed by atoms with Crippen LogP contribution in [0.25, 0.3) is 5.69 Å². The minimum Gasteiger partial charge on any atom is -0.495 e. The fourth-order valence-electron chi connectivity index (χ4n) is 2.71. The molecule has 1 atom stereocenters. The number of benzene rings is 1. The van der Waals surface area contributed by atoms with E-state index in [1.807, 2.05) is 0 Å². The van der Waals surface area contributed by atoms with E-state index in [4.69, 9.17) is 39.0 Å². The van der Waals surface area contributed by atoms with Crippen LogP contribution in [0.1, 0.15) is 22.5 Å². The van der Waals surface area contributed by atoms with Crippen molar-refractivity contribution >= 4 is 46.9 Å². The number of halogens is 1. The molecule has 9 heteroatoms. The summed E-state index contributed by atoms with van der Waals surface area (Å²) in [4.78, 5) is 12.9. The zero-order valence-corrected chi connectivity index (χ0v) is 16.0. The van der Waals surface area contributed by atoms with Gasteiger partial charge in [-0.25, -0.2) is 0 Å². The largest absolute Gasteiger partial charge is 0.495 e. The molecule has 25 heavy (non-hydrogen) atoms. The average Bonchev–Trinajstić information content (AvgIpc) is 3.20. The van der Waals surface area contributed by atoms with Crippen LogP contribution in [0.5, 0.6) is 5.75 Å². The fourth-order valence-corrected chi connectivity index (χ4v) is 4.14. The van der Waals surface area contributed by atoms with Gasteiger partial charge in [0.05, 0.1) is 18.9 Å². The number of hydrogen-bond acceptors (Lipinski definition) is 6. The number of nitrogen functional groups attached to an aromatic ring is 1. The Morgan fingerprint density at radius 1 is 1.60 bits per heavy atom. The first-order valence-corrected chi connectivity index (χ1v) is 9.36. The summed E-state index contributed by atoms with van der Waals surface area (Å²) in [7, 11) is 1.55. The maximum atomic E-state index is 12.5. The lowest BCUT2D eigenvalue weighted by atomic mass is 10.2. The highest BCUT2D eigenvalue weighted by atomic mass is 35.5. The van der Waals surface area contributed by atoms with Crippen LogP contribution in [0.3, 0.4) is 0 Å². The average molecular weight is 400 g/mol. The van der Waals surface area contributed by atoms with Crippen LogP contribution in [0.15, 0.2) is 18.2 Å². The Bertz CT molecular complexity index is 844. The smallest absolute Gasteiger partial charge is 0.265 e. The second-order valence-corrected chi connectivity index (χ2v) is 7.66. The molecule has 1 fully saturated rings. The summed E-state index contributed by atoms with van der Waals surface area (Å²) in [5, 5.41) is 3.38. The molecule has 2 heterocycles. The number of ether oxygens (including phenoxy) is 2. The minimum atomic E-state index is -0.260. The van der Waals surface area contributed by atoms with Gasteiger partial charge in [-0.3, -0.25) is 9.36 Å². The maximum absolute atomic E-state index is 12.5. The Hall–Kier alpha value is -1.61. The third-order valence-corrected chi connectivity index (χ3v) is 5.57. The lowest BCUT2D eigenvalue weighted by molar-refractivity contribution is 0.0861. The van der Waals surface area contributed by atoms with Crippen LogP contribution in [-0.2, 0) is 4.74 Å². The van der Waals surface area contributed by atoms with Crippen molar-refractivity contribution in [3.63, 3.8) is 0 Å². The zero-order chi connectivity index (χ0) is 18.0. The monoisotopic (exact) mass is 399 g/mol. The number of thiazole rings is 1. The summed E-state index contributed by atoms with van der Waals surface area (Å²) in [5.74, 6) is 0.570. The Balaban J connectivity index is 1.89. The van der Waals surface area contributed by atoms with E-state index in [0.29, 0.717) is 31.8 Å². The minimum absolute atomic E-state index is 0.0632. The standard InChI is InChI=1S/C16H18ClN3O3S2/c1-22-12-5-4-9(17)7-11(12)20-14(18)13(25-16(20)24)15(21)19-8-10-3-2-6-23-10/h4-5,7,10H,2-3,6,8,18H2,1H3,(H,19,21)/t10-/m0/s1. The molecule has 3 N–H and O–H groups in total. The highest BCUT2D eigenvalue weighted by molar-refractivity contribution is 7.73. The number of carbonyl (C=O) groups excluding carboxylic acids is 1. The van der Waals surface area contributed by atoms with Crippen LogP contribution in [0, 0.1) is 3.95 Å². The van der Waals surface area contributed by atoms with Crippen molar-refractivity contribution in [3.8, 4) is 11.4 Å². The van der Waals surface area contributed by atoms with Gasteiger partial charge < -0.3 is 20.5 Å². The predicted molar refractivity (Wildman–Crippen MR) is 102 cm³/mol. The van der Waals surface area contributed by atoms with Crippen molar-refractivity contribution in [1.29, 1.82) is 0 Å². The molecule has 1 aliphatic rings. The molecule has 0 aliphatic carbocycles. The van der Waals surface area contributed by atoms with E-state index in [1.54, 1.807) is 29.9 Å². The van der Waals surface area contributed by atoms with Crippen molar-refractivity contribution in [2.45, 2.75) is 18.9 Å². The SMILES string of the molecule is COc1ccc(Cl)cc1-n1c(N)c(C(=O)NC[C@@H]2CCCO2)sc1=S. The maximum Gasteiger partial charge on any atom is 0.265 e. The molecule has 1 aromatic carbocycles. The quantitative estimate of drug-likeness (QED) is 0.753. The van der Waals surface area contributed by atoms with Gasteiger partial charge in [0.25, 0.3) is 5.91 Å². The van der Waals surface area contributed by atoms with E-state index in [9.17, 15) is 4.79 Å². The number of nitrogens with zero attached hydrogens (tertiary/aromatic N) is 1. The summed E-state index contributed by atoms with van der Waals surface area (Å²) >= 11 is 12.6. The van der Waals surface area contributed by atoms with Gasteiger partial charge in [0, 0.05) is 18.2 Å². The number of methoxy groups -OCH3 is 1. The van der Waals surface area contributed by atoms with Gasteiger partial charge in [-0.15, -0.1) is 0 Å². The van der Waals surface area contributed by atoms with Crippen LogP contribution in [0.2, 0.25) is 5.02 Å². The number of nitrogens with two attached hydrogens (primary N) is 1. The number of nitrogens with one attached hydrogen (secondary N) is 1. The summed E-state index contributed by atoms with van der Waals surface area (Å²) in [5.41, 5.74) is 6.81. The van der Waals surface area contributed by atoms with E-state index in [1.165, 1.54) is 0 Å². The van der Waals surface area contributed by atoms with Crippen molar-refractivity contribution in [3.05, 3.63) is 32.1 Å². The molecular weight excluding hydrogens is 382 g/mol. The van der Waals surface area contributed by atoms with Crippen LogP contribution >= 0.6 is 35.2 Å². The van der Waals surface area contributed by atoms with E-state index < -0.39 is 0 Å². The van der Waals surface area contributed by atoms with Crippen LogP contribution in [-0.4, -0.2) is 36.8 Å². The molecule has 0 spiro atoms. The highest BCUT2D eigenvalue weighted by Gasteiger charge is 2.22. The molecular formula is C16H18ClN3O3S2. The van der Waals surface area contributed by atoms with Crippen molar-refractivity contribution in [1.82, 2.24) is 9.88 Å². The second-order valence-electron chi connectivity index (χ2n) is 5.58. The number of amides is 1. The third kappa shape index (κ3) is 3.82. The molecule has 0 saturated carbocycles. The number of rotatable bonds is 5. The summed E-state index contributed by atoms with van der Waals surface area (Å²) in [6, 6.07) is 5.15. The van der Waals surface area contributed by atoms with Gasteiger partial charge in [-0.1, -0.05) is 22.9 Å². The Morgan fingerprint density at radius 3 is 3.08 bits per heavy atom. The lowest BCUT2D eigenvalue weighted by Crippen LogP contribution is -2.31.